The number of carboxylic acids is 1. The third kappa shape index (κ3) is 3.25. The number of carbonyl (C=O) groups is 1. The highest BCUT2D eigenvalue weighted by molar-refractivity contribution is 9.10. The van der Waals surface area contributed by atoms with Crippen LogP contribution in [0.15, 0.2) is 22.7 Å². The molecule has 0 amide bonds. The molecule has 0 radical (unpaired) electrons. The van der Waals surface area contributed by atoms with Crippen LogP contribution in [0.3, 0.4) is 0 Å². The minimum absolute atomic E-state index is 0.323. The molecule has 1 saturated carbocycles. The van der Waals surface area contributed by atoms with E-state index >= 15 is 0 Å². The fourth-order valence-electron chi connectivity index (χ4n) is 2.60. The van der Waals surface area contributed by atoms with E-state index in [0.29, 0.717) is 15.7 Å². The number of hydrogen-bond donors (Lipinski definition) is 2. The summed E-state index contributed by atoms with van der Waals surface area (Å²) in [5.41, 5.74) is 1.03. The fraction of sp³-hybridized carbons (Fsp3) is 0.500. The van der Waals surface area contributed by atoms with Crippen LogP contribution >= 0.6 is 15.9 Å². The summed E-state index contributed by atoms with van der Waals surface area (Å²) in [7, 11) is 0. The van der Waals surface area contributed by atoms with Crippen LogP contribution in [0, 0.1) is 5.92 Å². The van der Waals surface area contributed by atoms with Gasteiger partial charge in [-0.2, -0.15) is 0 Å². The van der Waals surface area contributed by atoms with Crippen LogP contribution in [0.2, 0.25) is 0 Å². The Morgan fingerprint density at radius 3 is 2.78 bits per heavy atom. The van der Waals surface area contributed by atoms with E-state index in [1.165, 1.54) is 25.7 Å². The summed E-state index contributed by atoms with van der Waals surface area (Å²) in [6.07, 6.45) is 6.48. The van der Waals surface area contributed by atoms with Crippen molar-refractivity contribution in [3.05, 3.63) is 28.2 Å². The Kier molecular flexibility index (Phi) is 4.64. The highest BCUT2D eigenvalue weighted by Gasteiger charge is 2.16. The van der Waals surface area contributed by atoms with E-state index in [9.17, 15) is 9.90 Å². The Morgan fingerprint density at radius 2 is 2.11 bits per heavy atom. The molecule has 18 heavy (non-hydrogen) atoms. The van der Waals surface area contributed by atoms with Crippen LogP contribution in [-0.4, -0.2) is 17.6 Å². The predicted octanol–water partition coefficient (Wildman–Crippen LogP) is 4.14. The van der Waals surface area contributed by atoms with Gasteiger partial charge in [0.15, 0.2) is 0 Å². The highest BCUT2D eigenvalue weighted by Crippen LogP contribution is 2.28. The summed E-state index contributed by atoms with van der Waals surface area (Å²) in [5.74, 6) is -0.0798. The first-order chi connectivity index (χ1) is 8.68. The molecule has 1 aliphatic rings. The minimum atomic E-state index is -0.897. The largest absolute Gasteiger partial charge is 0.478 e. The van der Waals surface area contributed by atoms with Crippen molar-refractivity contribution in [2.24, 2.45) is 5.92 Å². The average Bonchev–Trinajstić information content (AvgIpc) is 2.81. The molecule has 2 rings (SSSR count). The molecule has 4 heteroatoms. The van der Waals surface area contributed by atoms with Crippen molar-refractivity contribution in [3.8, 4) is 0 Å². The van der Waals surface area contributed by atoms with Gasteiger partial charge in [0.25, 0.3) is 0 Å². The van der Waals surface area contributed by atoms with Crippen LogP contribution in [0.25, 0.3) is 0 Å². The SMILES string of the molecule is O=C(O)c1c(Br)cccc1NCCC1CCCC1. The quantitative estimate of drug-likeness (QED) is 0.859. The van der Waals surface area contributed by atoms with E-state index in [4.69, 9.17) is 0 Å². The molecule has 0 spiro atoms. The van der Waals surface area contributed by atoms with Gasteiger partial charge < -0.3 is 10.4 Å². The topological polar surface area (TPSA) is 49.3 Å². The second-order valence-corrected chi connectivity index (χ2v) is 5.69. The van der Waals surface area contributed by atoms with Gasteiger partial charge in [-0.3, -0.25) is 0 Å². The maximum Gasteiger partial charge on any atom is 0.338 e. The normalized spacial score (nSPS) is 15.8. The van der Waals surface area contributed by atoms with Crippen LogP contribution < -0.4 is 5.32 Å². The molecular formula is C14H18BrNO2. The first-order valence-electron chi connectivity index (χ1n) is 6.44. The maximum absolute atomic E-state index is 11.2. The van der Waals surface area contributed by atoms with Crippen LogP contribution in [-0.2, 0) is 0 Å². The van der Waals surface area contributed by atoms with Gasteiger partial charge in [0.1, 0.15) is 0 Å². The van der Waals surface area contributed by atoms with Gasteiger partial charge in [-0.05, 0) is 40.4 Å². The molecule has 0 heterocycles. The molecule has 0 aromatic heterocycles. The van der Waals surface area contributed by atoms with Gasteiger partial charge in [-0.25, -0.2) is 4.79 Å². The standard InChI is InChI=1S/C14H18BrNO2/c15-11-6-3-7-12(13(11)14(17)18)16-9-8-10-4-1-2-5-10/h3,6-7,10,16H,1-2,4-5,8-9H2,(H,17,18). The number of aromatic carboxylic acids is 1. The molecule has 0 bridgehead atoms. The average molecular weight is 312 g/mol. The summed E-state index contributed by atoms with van der Waals surface area (Å²) in [4.78, 5) is 11.2. The molecular weight excluding hydrogens is 294 g/mol. The number of anilines is 1. The first-order valence-corrected chi connectivity index (χ1v) is 7.23. The van der Waals surface area contributed by atoms with Gasteiger partial charge >= 0.3 is 5.97 Å². The molecule has 3 nitrogen and oxygen atoms in total. The smallest absolute Gasteiger partial charge is 0.338 e. The monoisotopic (exact) mass is 311 g/mol. The van der Waals surface area contributed by atoms with Crippen molar-refractivity contribution in [2.45, 2.75) is 32.1 Å². The Bertz CT molecular complexity index is 428. The fourth-order valence-corrected chi connectivity index (χ4v) is 3.13. The third-order valence-corrected chi connectivity index (χ3v) is 4.23. The zero-order valence-corrected chi connectivity index (χ0v) is 11.9. The molecule has 98 valence electrons. The summed E-state index contributed by atoms with van der Waals surface area (Å²) >= 11 is 3.29. The Labute approximate surface area is 116 Å². The lowest BCUT2D eigenvalue weighted by molar-refractivity contribution is 0.0697. The van der Waals surface area contributed by atoms with E-state index in [1.54, 1.807) is 6.07 Å². The van der Waals surface area contributed by atoms with Gasteiger partial charge in [-0.15, -0.1) is 0 Å². The Morgan fingerprint density at radius 1 is 1.39 bits per heavy atom. The summed E-state index contributed by atoms with van der Waals surface area (Å²) in [5, 5.41) is 12.4. The minimum Gasteiger partial charge on any atom is -0.478 e. The lowest BCUT2D eigenvalue weighted by Crippen LogP contribution is -2.10. The number of rotatable bonds is 5. The number of benzene rings is 1. The maximum atomic E-state index is 11.2. The van der Waals surface area contributed by atoms with E-state index < -0.39 is 5.97 Å². The zero-order chi connectivity index (χ0) is 13.0. The van der Waals surface area contributed by atoms with E-state index in [2.05, 4.69) is 21.2 Å². The summed E-state index contributed by atoms with van der Waals surface area (Å²) in [6, 6.07) is 5.43. The first kappa shape index (κ1) is 13.4. The van der Waals surface area contributed by atoms with Crippen LogP contribution in [0.4, 0.5) is 5.69 Å². The summed E-state index contributed by atoms with van der Waals surface area (Å²) in [6.45, 7) is 0.849. The van der Waals surface area contributed by atoms with Crippen molar-refractivity contribution in [3.63, 3.8) is 0 Å². The van der Waals surface area contributed by atoms with E-state index in [0.717, 1.165) is 18.9 Å². The molecule has 0 aliphatic heterocycles. The second-order valence-electron chi connectivity index (χ2n) is 4.83. The van der Waals surface area contributed by atoms with E-state index in [-0.39, 0.29) is 0 Å². The van der Waals surface area contributed by atoms with Crippen molar-refractivity contribution < 1.29 is 9.90 Å². The molecule has 2 N–H and O–H groups in total. The van der Waals surface area contributed by atoms with Crippen molar-refractivity contribution in [1.29, 1.82) is 0 Å². The van der Waals surface area contributed by atoms with Crippen molar-refractivity contribution in [1.82, 2.24) is 0 Å². The van der Waals surface area contributed by atoms with Gasteiger partial charge in [0, 0.05) is 16.7 Å². The second kappa shape index (κ2) is 6.23. The third-order valence-electron chi connectivity index (χ3n) is 3.57. The molecule has 1 fully saturated rings. The van der Waals surface area contributed by atoms with Gasteiger partial charge in [-0.1, -0.05) is 31.7 Å². The number of nitrogens with one attached hydrogen (secondary N) is 1. The number of halogens is 1. The van der Waals surface area contributed by atoms with Gasteiger partial charge in [0.05, 0.1) is 5.56 Å². The Balaban J connectivity index is 1.96. The van der Waals surface area contributed by atoms with Crippen LogP contribution in [0.5, 0.6) is 0 Å². The lowest BCUT2D eigenvalue weighted by atomic mass is 10.0. The van der Waals surface area contributed by atoms with Gasteiger partial charge in [0.2, 0.25) is 0 Å². The van der Waals surface area contributed by atoms with Crippen molar-refractivity contribution in [2.75, 3.05) is 11.9 Å². The predicted molar refractivity (Wildman–Crippen MR) is 76.2 cm³/mol. The molecule has 1 aromatic carbocycles. The molecule has 0 atom stereocenters. The number of hydrogen-bond acceptors (Lipinski definition) is 2. The zero-order valence-electron chi connectivity index (χ0n) is 10.3. The van der Waals surface area contributed by atoms with Crippen molar-refractivity contribution >= 4 is 27.6 Å². The van der Waals surface area contributed by atoms with E-state index in [1.807, 2.05) is 12.1 Å². The Hall–Kier alpha value is -1.03. The molecule has 1 aromatic rings. The highest BCUT2D eigenvalue weighted by atomic mass is 79.9. The molecule has 0 saturated heterocycles. The molecule has 1 aliphatic carbocycles. The summed E-state index contributed by atoms with van der Waals surface area (Å²) < 4.78 is 0.626. The molecule has 0 unspecified atom stereocenters. The van der Waals surface area contributed by atoms with Crippen LogP contribution in [0.1, 0.15) is 42.5 Å². The lowest BCUT2D eigenvalue weighted by Gasteiger charge is -2.13. The number of carboxylic acid groups (broad SMARTS) is 1.